The predicted molar refractivity (Wildman–Crippen MR) is 100 cm³/mol. The van der Waals surface area contributed by atoms with Gasteiger partial charge in [0.25, 0.3) is 0 Å². The Labute approximate surface area is 147 Å². The van der Waals surface area contributed by atoms with E-state index in [-0.39, 0.29) is 5.92 Å². The molecule has 3 aromatic rings. The van der Waals surface area contributed by atoms with Crippen LogP contribution >= 0.6 is 0 Å². The van der Waals surface area contributed by atoms with Crippen molar-refractivity contribution in [1.29, 1.82) is 5.26 Å². The second kappa shape index (κ2) is 7.59. The lowest BCUT2D eigenvalue weighted by molar-refractivity contribution is 0.399. The number of para-hydroxylation sites is 1. The second-order valence-corrected chi connectivity index (χ2v) is 5.89. The van der Waals surface area contributed by atoms with Gasteiger partial charge in [0.15, 0.2) is 0 Å². The van der Waals surface area contributed by atoms with Crippen molar-refractivity contribution < 1.29 is 4.74 Å². The molecule has 1 aromatic heterocycles. The molecule has 3 rings (SSSR count). The van der Waals surface area contributed by atoms with Gasteiger partial charge < -0.3 is 4.74 Å². The summed E-state index contributed by atoms with van der Waals surface area (Å²) in [6.07, 6.45) is 2.31. The zero-order valence-electron chi connectivity index (χ0n) is 14.3. The number of rotatable bonds is 5. The summed E-state index contributed by atoms with van der Waals surface area (Å²) in [5.41, 5.74) is 3.91. The van der Waals surface area contributed by atoms with Crippen LogP contribution in [0.15, 0.2) is 59.6 Å². The number of benzene rings is 2. The van der Waals surface area contributed by atoms with Crippen LogP contribution in [0, 0.1) is 24.2 Å². The highest BCUT2D eigenvalue weighted by molar-refractivity contribution is 5.83. The summed E-state index contributed by atoms with van der Waals surface area (Å²) in [7, 11) is 1.61. The lowest BCUT2D eigenvalue weighted by atomic mass is 9.99. The van der Waals surface area contributed by atoms with E-state index in [1.54, 1.807) is 13.3 Å². The van der Waals surface area contributed by atoms with Gasteiger partial charge in [-0.2, -0.15) is 5.26 Å². The standard InChI is InChI=1S/C21H19N3O/c1-15-10-21(25-2)24-20-12-16(8-9-19(15)20)11-17(13-22)14-23-18-6-4-3-5-7-18/h3-10,12,14,17H,11H2,1-2H3. The number of pyridine rings is 1. The first kappa shape index (κ1) is 16.7. The molecule has 25 heavy (non-hydrogen) atoms. The molecule has 0 aliphatic carbocycles. The minimum atomic E-state index is -0.288. The molecule has 0 saturated carbocycles. The Morgan fingerprint density at radius 2 is 2.00 bits per heavy atom. The topological polar surface area (TPSA) is 58.3 Å². The molecule has 4 heteroatoms. The van der Waals surface area contributed by atoms with Gasteiger partial charge in [-0.15, -0.1) is 0 Å². The van der Waals surface area contributed by atoms with E-state index in [4.69, 9.17) is 4.74 Å². The summed E-state index contributed by atoms with van der Waals surface area (Å²) in [6, 6.07) is 20.0. The van der Waals surface area contributed by atoms with Crippen molar-refractivity contribution in [3.8, 4) is 11.9 Å². The Hall–Kier alpha value is -3.19. The molecule has 0 bridgehead atoms. The molecule has 1 heterocycles. The average molecular weight is 329 g/mol. The van der Waals surface area contributed by atoms with Crippen LogP contribution in [0.2, 0.25) is 0 Å². The molecular weight excluding hydrogens is 310 g/mol. The zero-order valence-corrected chi connectivity index (χ0v) is 14.3. The maximum absolute atomic E-state index is 9.43. The summed E-state index contributed by atoms with van der Waals surface area (Å²) >= 11 is 0. The number of hydrogen-bond acceptors (Lipinski definition) is 4. The molecule has 0 fully saturated rings. The largest absolute Gasteiger partial charge is 0.481 e. The summed E-state index contributed by atoms with van der Waals surface area (Å²) in [6.45, 7) is 2.04. The molecule has 0 amide bonds. The SMILES string of the molecule is COc1cc(C)c2ccc(CC(C#N)C=Nc3ccccc3)cc2n1. The number of aryl methyl sites for hydroxylation is 1. The molecule has 1 atom stereocenters. The van der Waals surface area contributed by atoms with Gasteiger partial charge in [0.1, 0.15) is 0 Å². The van der Waals surface area contributed by atoms with Crippen LogP contribution in [0.3, 0.4) is 0 Å². The van der Waals surface area contributed by atoms with Crippen LogP contribution in [-0.2, 0) is 6.42 Å². The molecule has 2 aromatic carbocycles. The number of nitrogens with zero attached hydrogens (tertiary/aromatic N) is 3. The Morgan fingerprint density at radius 3 is 2.72 bits per heavy atom. The Balaban J connectivity index is 1.83. The van der Waals surface area contributed by atoms with Crippen molar-refractivity contribution in [2.75, 3.05) is 7.11 Å². The summed E-state index contributed by atoms with van der Waals surface area (Å²) in [5, 5.41) is 10.5. The lowest BCUT2D eigenvalue weighted by Crippen LogP contribution is -2.03. The smallest absolute Gasteiger partial charge is 0.213 e. The van der Waals surface area contributed by atoms with Crippen molar-refractivity contribution in [2.45, 2.75) is 13.3 Å². The highest BCUT2D eigenvalue weighted by atomic mass is 16.5. The van der Waals surface area contributed by atoms with E-state index >= 15 is 0 Å². The fraction of sp³-hybridized carbons (Fsp3) is 0.190. The minimum Gasteiger partial charge on any atom is -0.481 e. The first-order valence-electron chi connectivity index (χ1n) is 8.12. The third-order valence-corrected chi connectivity index (χ3v) is 4.05. The van der Waals surface area contributed by atoms with Gasteiger partial charge in [-0.3, -0.25) is 4.99 Å². The number of fused-ring (bicyclic) bond motifs is 1. The zero-order chi connectivity index (χ0) is 17.6. The molecule has 1 unspecified atom stereocenters. The van der Waals surface area contributed by atoms with Crippen molar-refractivity contribution in [3.63, 3.8) is 0 Å². The van der Waals surface area contributed by atoms with Crippen LogP contribution in [0.4, 0.5) is 5.69 Å². The monoisotopic (exact) mass is 329 g/mol. The molecule has 4 nitrogen and oxygen atoms in total. The Morgan fingerprint density at radius 1 is 1.20 bits per heavy atom. The van der Waals surface area contributed by atoms with Gasteiger partial charge in [0, 0.05) is 17.7 Å². The van der Waals surface area contributed by atoms with Gasteiger partial charge in [-0.1, -0.05) is 30.3 Å². The number of hydrogen-bond donors (Lipinski definition) is 0. The summed E-state index contributed by atoms with van der Waals surface area (Å²) in [4.78, 5) is 8.90. The fourth-order valence-electron chi connectivity index (χ4n) is 2.72. The number of nitriles is 1. The Bertz CT molecular complexity index is 943. The molecular formula is C21H19N3O. The van der Waals surface area contributed by atoms with Crippen LogP contribution in [-0.4, -0.2) is 18.3 Å². The fourth-order valence-corrected chi connectivity index (χ4v) is 2.72. The third-order valence-electron chi connectivity index (χ3n) is 4.05. The molecule has 0 N–H and O–H groups in total. The summed E-state index contributed by atoms with van der Waals surface area (Å²) in [5.74, 6) is 0.314. The normalized spacial score (nSPS) is 12.2. The van der Waals surface area contributed by atoms with Crippen LogP contribution in [0.1, 0.15) is 11.1 Å². The van der Waals surface area contributed by atoms with Crippen molar-refractivity contribution in [3.05, 3.63) is 65.7 Å². The molecule has 0 spiro atoms. The first-order valence-corrected chi connectivity index (χ1v) is 8.12. The molecule has 0 radical (unpaired) electrons. The van der Waals surface area contributed by atoms with Crippen LogP contribution in [0.5, 0.6) is 5.88 Å². The molecule has 0 aliphatic rings. The van der Waals surface area contributed by atoms with E-state index in [0.717, 1.165) is 27.7 Å². The van der Waals surface area contributed by atoms with Gasteiger partial charge in [0.2, 0.25) is 5.88 Å². The third kappa shape index (κ3) is 4.02. The highest BCUT2D eigenvalue weighted by Crippen LogP contribution is 2.23. The van der Waals surface area contributed by atoms with Crippen molar-refractivity contribution in [1.82, 2.24) is 4.98 Å². The quantitative estimate of drug-likeness (QED) is 0.641. The maximum Gasteiger partial charge on any atom is 0.213 e. The van der Waals surface area contributed by atoms with Gasteiger partial charge in [-0.25, -0.2) is 4.98 Å². The lowest BCUT2D eigenvalue weighted by Gasteiger charge is -2.08. The van der Waals surface area contributed by atoms with Crippen LogP contribution in [0.25, 0.3) is 10.9 Å². The van der Waals surface area contributed by atoms with Crippen molar-refractivity contribution in [2.24, 2.45) is 10.9 Å². The molecule has 0 saturated heterocycles. The van der Waals surface area contributed by atoms with Crippen molar-refractivity contribution >= 4 is 22.8 Å². The Kier molecular flexibility index (Phi) is 5.06. The number of aromatic nitrogens is 1. The van der Waals surface area contributed by atoms with E-state index in [1.807, 2.05) is 55.5 Å². The maximum atomic E-state index is 9.43. The van der Waals surface area contributed by atoms with Gasteiger partial charge in [-0.05, 0) is 42.7 Å². The van der Waals surface area contributed by atoms with E-state index in [9.17, 15) is 5.26 Å². The number of aliphatic imine (C=N–C) groups is 1. The summed E-state index contributed by atoms with van der Waals surface area (Å²) < 4.78 is 5.25. The highest BCUT2D eigenvalue weighted by Gasteiger charge is 2.09. The predicted octanol–water partition coefficient (Wildman–Crippen LogP) is 4.64. The van der Waals surface area contributed by atoms with Gasteiger partial charge >= 0.3 is 0 Å². The second-order valence-electron chi connectivity index (χ2n) is 5.89. The number of ether oxygens (including phenoxy) is 1. The molecule has 0 aliphatic heterocycles. The van der Waals surface area contributed by atoms with Crippen LogP contribution < -0.4 is 4.74 Å². The molecule has 124 valence electrons. The minimum absolute atomic E-state index is 0.288. The van der Waals surface area contributed by atoms with E-state index < -0.39 is 0 Å². The number of methoxy groups -OCH3 is 1. The van der Waals surface area contributed by atoms with E-state index in [1.165, 1.54) is 0 Å². The van der Waals surface area contributed by atoms with E-state index in [2.05, 4.69) is 22.1 Å². The van der Waals surface area contributed by atoms with E-state index in [0.29, 0.717) is 12.3 Å². The average Bonchev–Trinajstić information content (AvgIpc) is 2.65. The van der Waals surface area contributed by atoms with Gasteiger partial charge in [0.05, 0.1) is 30.3 Å². The first-order chi connectivity index (χ1) is 12.2.